The van der Waals surface area contributed by atoms with E-state index in [2.05, 4.69) is 24.3 Å². The molecule has 3 rings (SSSR count). The van der Waals surface area contributed by atoms with Gasteiger partial charge in [-0.3, -0.25) is 4.68 Å². The second kappa shape index (κ2) is 5.15. The lowest BCUT2D eigenvalue weighted by Crippen LogP contribution is -2.28. The van der Waals surface area contributed by atoms with Gasteiger partial charge in [0.25, 0.3) is 0 Å². The van der Waals surface area contributed by atoms with Gasteiger partial charge < -0.3 is 5.32 Å². The molecule has 0 aliphatic carbocycles. The Balaban J connectivity index is 1.92. The SMILES string of the molecule is Cc1nn(C2CCCS(=O)(=O)C2)c(C)c1C1CCNC1. The fraction of sp³-hybridized carbons (Fsp3) is 0.786. The summed E-state index contributed by atoms with van der Waals surface area (Å²) in [5.41, 5.74) is 3.57. The number of sulfone groups is 1. The summed E-state index contributed by atoms with van der Waals surface area (Å²) < 4.78 is 25.7. The van der Waals surface area contributed by atoms with Crippen LogP contribution in [0, 0.1) is 13.8 Å². The lowest BCUT2D eigenvalue weighted by atomic mass is 9.96. The van der Waals surface area contributed by atoms with Crippen LogP contribution < -0.4 is 5.32 Å². The molecule has 0 spiro atoms. The van der Waals surface area contributed by atoms with Gasteiger partial charge >= 0.3 is 0 Å². The first-order valence-corrected chi connectivity index (χ1v) is 9.27. The van der Waals surface area contributed by atoms with Gasteiger partial charge in [0.15, 0.2) is 9.84 Å². The highest BCUT2D eigenvalue weighted by Crippen LogP contribution is 2.32. The molecule has 2 aliphatic rings. The Hall–Kier alpha value is -0.880. The van der Waals surface area contributed by atoms with Crippen molar-refractivity contribution in [1.82, 2.24) is 15.1 Å². The third-order valence-electron chi connectivity index (χ3n) is 4.63. The van der Waals surface area contributed by atoms with E-state index >= 15 is 0 Å². The molecule has 2 fully saturated rings. The topological polar surface area (TPSA) is 64.0 Å². The molecule has 5 nitrogen and oxygen atoms in total. The molecule has 1 aromatic rings. The largest absolute Gasteiger partial charge is 0.316 e. The number of aryl methyl sites for hydroxylation is 1. The minimum absolute atomic E-state index is 0.0237. The van der Waals surface area contributed by atoms with Gasteiger partial charge in [-0.25, -0.2) is 8.42 Å². The third kappa shape index (κ3) is 2.51. The molecule has 2 atom stereocenters. The first kappa shape index (κ1) is 14.1. The maximum absolute atomic E-state index is 11.8. The van der Waals surface area contributed by atoms with Crippen molar-refractivity contribution in [3.8, 4) is 0 Å². The zero-order chi connectivity index (χ0) is 14.3. The predicted molar refractivity (Wildman–Crippen MR) is 78.9 cm³/mol. The summed E-state index contributed by atoms with van der Waals surface area (Å²) in [5.74, 6) is 1.11. The zero-order valence-corrected chi connectivity index (χ0v) is 13.0. The Kier molecular flexibility index (Phi) is 3.62. The Morgan fingerprint density at radius 1 is 1.30 bits per heavy atom. The Bertz CT molecular complexity index is 600. The summed E-state index contributed by atoms with van der Waals surface area (Å²) >= 11 is 0. The van der Waals surface area contributed by atoms with Crippen LogP contribution in [0.25, 0.3) is 0 Å². The molecule has 2 saturated heterocycles. The number of aromatic nitrogens is 2. The predicted octanol–water partition coefficient (Wildman–Crippen LogP) is 1.33. The molecule has 6 heteroatoms. The molecule has 1 aromatic heterocycles. The summed E-state index contributed by atoms with van der Waals surface area (Å²) in [7, 11) is -2.89. The molecule has 2 aliphatic heterocycles. The summed E-state index contributed by atoms with van der Waals surface area (Å²) in [6.45, 7) is 6.21. The molecule has 3 heterocycles. The smallest absolute Gasteiger partial charge is 0.152 e. The van der Waals surface area contributed by atoms with Crippen LogP contribution in [0.5, 0.6) is 0 Å². The zero-order valence-electron chi connectivity index (χ0n) is 12.2. The molecule has 1 N–H and O–H groups in total. The van der Waals surface area contributed by atoms with Crippen molar-refractivity contribution in [3.63, 3.8) is 0 Å². The van der Waals surface area contributed by atoms with Gasteiger partial charge in [-0.1, -0.05) is 0 Å². The lowest BCUT2D eigenvalue weighted by Gasteiger charge is -2.24. The molecule has 0 amide bonds. The van der Waals surface area contributed by atoms with Crippen molar-refractivity contribution in [2.45, 2.75) is 45.1 Å². The first-order chi connectivity index (χ1) is 9.48. The van der Waals surface area contributed by atoms with Crippen molar-refractivity contribution >= 4 is 9.84 Å². The second-order valence-electron chi connectivity index (χ2n) is 6.13. The third-order valence-corrected chi connectivity index (χ3v) is 6.44. The van der Waals surface area contributed by atoms with Crippen molar-refractivity contribution in [1.29, 1.82) is 0 Å². The van der Waals surface area contributed by atoms with Gasteiger partial charge in [0.05, 0.1) is 23.2 Å². The van der Waals surface area contributed by atoms with Gasteiger partial charge in [-0.15, -0.1) is 0 Å². The van der Waals surface area contributed by atoms with Gasteiger partial charge in [-0.05, 0) is 39.7 Å². The van der Waals surface area contributed by atoms with E-state index in [0.717, 1.165) is 38.0 Å². The van der Waals surface area contributed by atoms with Crippen LogP contribution in [0.3, 0.4) is 0 Å². The second-order valence-corrected chi connectivity index (χ2v) is 8.36. The van der Waals surface area contributed by atoms with Crippen molar-refractivity contribution < 1.29 is 8.42 Å². The van der Waals surface area contributed by atoms with Crippen molar-refractivity contribution in [2.75, 3.05) is 24.6 Å². The normalized spacial score (nSPS) is 29.7. The average Bonchev–Trinajstić information content (AvgIpc) is 2.96. The number of hydrogen-bond donors (Lipinski definition) is 1. The maximum atomic E-state index is 11.8. The van der Waals surface area contributed by atoms with Crippen LogP contribution in [0.1, 0.15) is 48.2 Å². The minimum Gasteiger partial charge on any atom is -0.316 e. The fourth-order valence-corrected chi connectivity index (χ4v) is 5.38. The molecular formula is C14H23N3O2S. The van der Waals surface area contributed by atoms with Crippen molar-refractivity contribution in [3.05, 3.63) is 17.0 Å². The van der Waals surface area contributed by atoms with E-state index in [0.29, 0.717) is 11.7 Å². The van der Waals surface area contributed by atoms with Crippen LogP contribution in [-0.2, 0) is 9.84 Å². The van der Waals surface area contributed by atoms with Crippen LogP contribution in [-0.4, -0.2) is 42.8 Å². The standard InChI is InChI=1S/C14H23N3O2S/c1-10-14(12-5-6-15-8-12)11(2)17(16-10)13-4-3-7-20(18,19)9-13/h12-13,15H,3-9H2,1-2H3. The summed E-state index contributed by atoms with van der Waals surface area (Å²) in [6.07, 6.45) is 2.82. The van der Waals surface area contributed by atoms with E-state index in [1.165, 1.54) is 11.3 Å². The van der Waals surface area contributed by atoms with Gasteiger partial charge in [-0.2, -0.15) is 5.10 Å². The monoisotopic (exact) mass is 297 g/mol. The average molecular weight is 297 g/mol. The quantitative estimate of drug-likeness (QED) is 0.894. The molecule has 112 valence electrons. The van der Waals surface area contributed by atoms with Gasteiger partial charge in [0.2, 0.25) is 0 Å². The van der Waals surface area contributed by atoms with E-state index in [-0.39, 0.29) is 11.8 Å². The Morgan fingerprint density at radius 2 is 2.10 bits per heavy atom. The Labute approximate surface area is 120 Å². The molecule has 0 radical (unpaired) electrons. The molecule has 0 bridgehead atoms. The molecule has 0 saturated carbocycles. The molecular weight excluding hydrogens is 274 g/mol. The van der Waals surface area contributed by atoms with Crippen LogP contribution >= 0.6 is 0 Å². The van der Waals surface area contributed by atoms with Crippen LogP contribution in [0.2, 0.25) is 0 Å². The lowest BCUT2D eigenvalue weighted by molar-refractivity contribution is 0.425. The first-order valence-electron chi connectivity index (χ1n) is 7.44. The van der Waals surface area contributed by atoms with E-state index in [9.17, 15) is 8.42 Å². The number of hydrogen-bond acceptors (Lipinski definition) is 4. The van der Waals surface area contributed by atoms with E-state index < -0.39 is 9.84 Å². The van der Waals surface area contributed by atoms with E-state index in [1.807, 2.05) is 4.68 Å². The highest BCUT2D eigenvalue weighted by molar-refractivity contribution is 7.91. The summed E-state index contributed by atoms with van der Waals surface area (Å²) in [6, 6.07) is 0.0237. The Morgan fingerprint density at radius 3 is 2.75 bits per heavy atom. The number of nitrogens with one attached hydrogen (secondary N) is 1. The van der Waals surface area contributed by atoms with Crippen molar-refractivity contribution in [2.24, 2.45) is 0 Å². The maximum Gasteiger partial charge on any atom is 0.152 e. The van der Waals surface area contributed by atoms with Crippen LogP contribution in [0.15, 0.2) is 0 Å². The molecule has 0 aromatic carbocycles. The molecule has 20 heavy (non-hydrogen) atoms. The molecule has 2 unspecified atom stereocenters. The van der Waals surface area contributed by atoms with Crippen LogP contribution in [0.4, 0.5) is 0 Å². The summed E-state index contributed by atoms with van der Waals surface area (Å²) in [4.78, 5) is 0. The highest BCUT2D eigenvalue weighted by Gasteiger charge is 2.30. The number of nitrogens with zero attached hydrogens (tertiary/aromatic N) is 2. The van der Waals surface area contributed by atoms with Gasteiger partial charge in [0, 0.05) is 23.7 Å². The van der Waals surface area contributed by atoms with E-state index in [4.69, 9.17) is 0 Å². The fourth-order valence-electron chi connectivity index (χ4n) is 3.71. The van der Waals surface area contributed by atoms with E-state index in [1.54, 1.807) is 0 Å². The highest BCUT2D eigenvalue weighted by atomic mass is 32.2. The number of rotatable bonds is 2. The minimum atomic E-state index is -2.89. The van der Waals surface area contributed by atoms with Gasteiger partial charge in [0.1, 0.15) is 0 Å². The summed E-state index contributed by atoms with van der Waals surface area (Å²) in [5, 5.41) is 8.06.